The van der Waals surface area contributed by atoms with E-state index >= 15 is 0 Å². The molecule has 0 fully saturated rings. The lowest BCUT2D eigenvalue weighted by Crippen LogP contribution is -2.19. The van der Waals surface area contributed by atoms with Crippen molar-refractivity contribution in [2.75, 3.05) is 27.2 Å². The molecule has 0 saturated carbocycles. The Balaban J connectivity index is 1.38. The van der Waals surface area contributed by atoms with Crippen LogP contribution in [0.4, 0.5) is 0 Å². The van der Waals surface area contributed by atoms with Gasteiger partial charge in [-0.3, -0.25) is 15.1 Å². The van der Waals surface area contributed by atoms with Crippen molar-refractivity contribution in [3.8, 4) is 39.7 Å². The van der Waals surface area contributed by atoms with Crippen molar-refractivity contribution in [3.63, 3.8) is 0 Å². The van der Waals surface area contributed by atoms with Gasteiger partial charge in [-0.05, 0) is 38.4 Å². The molecule has 0 saturated heterocycles. The van der Waals surface area contributed by atoms with Crippen molar-refractivity contribution in [2.24, 2.45) is 0 Å². The number of aromatic nitrogens is 7. The van der Waals surface area contributed by atoms with Gasteiger partial charge in [0.1, 0.15) is 23.4 Å². The zero-order valence-electron chi connectivity index (χ0n) is 19.2. The summed E-state index contributed by atoms with van der Waals surface area (Å²) in [5, 5.41) is 7.55. The number of imidazole rings is 1. The Labute approximate surface area is 200 Å². The van der Waals surface area contributed by atoms with Gasteiger partial charge in [-0.15, -0.1) is 0 Å². The molecule has 2 N–H and O–H groups in total. The van der Waals surface area contributed by atoms with Crippen LogP contribution in [0.1, 0.15) is 0 Å². The molecule has 10 heteroatoms. The molecular formula is C25H22N8O2. The summed E-state index contributed by atoms with van der Waals surface area (Å²) in [4.78, 5) is 23.8. The summed E-state index contributed by atoms with van der Waals surface area (Å²) in [6, 6.07) is 7.72. The molecule has 35 heavy (non-hydrogen) atoms. The minimum atomic E-state index is 0.582. The summed E-state index contributed by atoms with van der Waals surface area (Å²) in [5.41, 5.74) is 7.15. The Hall–Kier alpha value is -4.57. The highest BCUT2D eigenvalue weighted by molar-refractivity contribution is 5.95. The van der Waals surface area contributed by atoms with E-state index < -0.39 is 0 Å². The Morgan fingerprint density at radius 2 is 1.86 bits per heavy atom. The quantitative estimate of drug-likeness (QED) is 0.360. The monoisotopic (exact) mass is 466 g/mol. The third kappa shape index (κ3) is 4.00. The number of likely N-dealkylation sites (N-methyl/N-ethyl adjacent to an activating group) is 1. The standard InChI is InChI=1S/C25H22N8O2/c1-33(2)6-8-35-17-9-16(10-26-11-17)19-3-4-20-23(28-19)24(32-31-20)25-29-21-13-27-12-18(22(21)30-25)15-5-7-34-14-15/h3-5,7,9-14H,6,8H2,1-2H3,(H,29,30)(H,31,32). The molecule has 0 radical (unpaired) electrons. The van der Waals surface area contributed by atoms with E-state index in [0.29, 0.717) is 29.4 Å². The maximum atomic E-state index is 5.84. The number of hydrogen-bond donors (Lipinski definition) is 2. The van der Waals surface area contributed by atoms with Crippen LogP contribution in [0.3, 0.4) is 0 Å². The first-order chi connectivity index (χ1) is 17.2. The van der Waals surface area contributed by atoms with Crippen molar-refractivity contribution >= 4 is 22.1 Å². The molecule has 0 atom stereocenters. The van der Waals surface area contributed by atoms with E-state index in [1.165, 1.54) is 0 Å². The minimum Gasteiger partial charge on any atom is -0.491 e. The fourth-order valence-corrected chi connectivity index (χ4v) is 3.88. The number of nitrogens with zero attached hydrogens (tertiary/aromatic N) is 6. The number of pyridine rings is 3. The highest BCUT2D eigenvalue weighted by Crippen LogP contribution is 2.31. The number of hydrogen-bond acceptors (Lipinski definition) is 8. The van der Waals surface area contributed by atoms with Gasteiger partial charge in [0.25, 0.3) is 0 Å². The number of aromatic amines is 2. The maximum absolute atomic E-state index is 5.84. The van der Waals surface area contributed by atoms with Gasteiger partial charge < -0.3 is 19.0 Å². The van der Waals surface area contributed by atoms with Crippen molar-refractivity contribution < 1.29 is 9.15 Å². The molecule has 6 heterocycles. The third-order valence-electron chi connectivity index (χ3n) is 5.67. The first kappa shape index (κ1) is 21.0. The van der Waals surface area contributed by atoms with Gasteiger partial charge in [0, 0.05) is 35.6 Å². The van der Waals surface area contributed by atoms with E-state index in [-0.39, 0.29) is 0 Å². The van der Waals surface area contributed by atoms with Crippen molar-refractivity contribution in [1.82, 2.24) is 40.0 Å². The minimum absolute atomic E-state index is 0.582. The zero-order chi connectivity index (χ0) is 23.8. The van der Waals surface area contributed by atoms with E-state index in [0.717, 1.165) is 45.5 Å². The molecule has 0 aliphatic heterocycles. The molecule has 6 aromatic rings. The van der Waals surface area contributed by atoms with Crippen LogP contribution in [0.25, 0.3) is 56.0 Å². The fourth-order valence-electron chi connectivity index (χ4n) is 3.88. The van der Waals surface area contributed by atoms with Crippen molar-refractivity contribution in [2.45, 2.75) is 0 Å². The van der Waals surface area contributed by atoms with E-state index in [2.05, 4.69) is 30.0 Å². The molecule has 0 aliphatic rings. The van der Waals surface area contributed by atoms with Crippen LogP contribution in [-0.4, -0.2) is 67.3 Å². The van der Waals surface area contributed by atoms with Crippen LogP contribution < -0.4 is 4.74 Å². The van der Waals surface area contributed by atoms with Gasteiger partial charge in [-0.25, -0.2) is 9.97 Å². The summed E-state index contributed by atoms with van der Waals surface area (Å²) >= 11 is 0. The SMILES string of the molecule is CN(C)CCOc1cncc(-c2ccc3[nH]nc(-c4nc5c(-c6ccoc6)cncc5[nH]4)c3n2)c1. The van der Waals surface area contributed by atoms with Crippen molar-refractivity contribution in [3.05, 3.63) is 61.6 Å². The van der Waals surface area contributed by atoms with E-state index in [1.807, 2.05) is 38.4 Å². The van der Waals surface area contributed by atoms with Crippen LogP contribution in [0.15, 0.2) is 66.0 Å². The smallest absolute Gasteiger partial charge is 0.161 e. The summed E-state index contributed by atoms with van der Waals surface area (Å²) in [6.45, 7) is 1.40. The second-order valence-corrected chi connectivity index (χ2v) is 8.41. The summed E-state index contributed by atoms with van der Waals surface area (Å²) in [6.07, 6.45) is 10.3. The molecule has 0 aliphatic carbocycles. The molecule has 10 nitrogen and oxygen atoms in total. The van der Waals surface area contributed by atoms with Crippen LogP contribution in [-0.2, 0) is 0 Å². The average Bonchev–Trinajstić information content (AvgIpc) is 3.62. The molecular weight excluding hydrogens is 444 g/mol. The fraction of sp³-hybridized carbons (Fsp3) is 0.160. The zero-order valence-corrected chi connectivity index (χ0v) is 19.2. The van der Waals surface area contributed by atoms with Crippen LogP contribution in [0.5, 0.6) is 5.75 Å². The topological polar surface area (TPSA) is 122 Å². The molecule has 0 unspecified atom stereocenters. The lowest BCUT2D eigenvalue weighted by Gasteiger charge is -2.11. The molecule has 6 aromatic heterocycles. The van der Waals surface area contributed by atoms with Gasteiger partial charge >= 0.3 is 0 Å². The molecule has 174 valence electrons. The predicted octanol–water partition coefficient (Wildman–Crippen LogP) is 4.16. The van der Waals surface area contributed by atoms with E-state index in [9.17, 15) is 0 Å². The lowest BCUT2D eigenvalue weighted by molar-refractivity contribution is 0.261. The van der Waals surface area contributed by atoms with Crippen LogP contribution in [0.2, 0.25) is 0 Å². The van der Waals surface area contributed by atoms with Gasteiger partial charge in [0.15, 0.2) is 11.5 Å². The van der Waals surface area contributed by atoms with Gasteiger partial charge in [0.05, 0.1) is 41.6 Å². The number of furan rings is 1. The second-order valence-electron chi connectivity index (χ2n) is 8.41. The van der Waals surface area contributed by atoms with Gasteiger partial charge in [0.2, 0.25) is 0 Å². The second kappa shape index (κ2) is 8.65. The Morgan fingerprint density at radius 3 is 2.71 bits per heavy atom. The highest BCUT2D eigenvalue weighted by Gasteiger charge is 2.17. The number of fused-ring (bicyclic) bond motifs is 2. The van der Waals surface area contributed by atoms with Gasteiger partial charge in [-0.1, -0.05) is 0 Å². The number of rotatable bonds is 7. The molecule has 0 amide bonds. The first-order valence-corrected chi connectivity index (χ1v) is 11.1. The largest absolute Gasteiger partial charge is 0.491 e. The van der Waals surface area contributed by atoms with Crippen LogP contribution >= 0.6 is 0 Å². The summed E-state index contributed by atoms with van der Waals surface area (Å²) < 4.78 is 11.1. The number of nitrogens with one attached hydrogen (secondary N) is 2. The summed E-state index contributed by atoms with van der Waals surface area (Å²) in [7, 11) is 4.02. The average molecular weight is 467 g/mol. The highest BCUT2D eigenvalue weighted by atomic mass is 16.5. The normalized spacial score (nSPS) is 11.6. The maximum Gasteiger partial charge on any atom is 0.161 e. The molecule has 0 aromatic carbocycles. The Kier molecular flexibility index (Phi) is 5.19. The molecule has 6 rings (SSSR count). The first-order valence-electron chi connectivity index (χ1n) is 11.1. The Bertz CT molecular complexity index is 1620. The van der Waals surface area contributed by atoms with Gasteiger partial charge in [-0.2, -0.15) is 5.10 Å². The number of H-pyrrole nitrogens is 2. The van der Waals surface area contributed by atoms with E-state index in [1.54, 1.807) is 37.3 Å². The predicted molar refractivity (Wildman–Crippen MR) is 132 cm³/mol. The number of ether oxygens (including phenoxy) is 1. The molecule has 0 bridgehead atoms. The van der Waals surface area contributed by atoms with Crippen LogP contribution in [0, 0.1) is 0 Å². The van der Waals surface area contributed by atoms with Crippen molar-refractivity contribution in [1.29, 1.82) is 0 Å². The Morgan fingerprint density at radius 1 is 0.943 bits per heavy atom. The van der Waals surface area contributed by atoms with E-state index in [4.69, 9.17) is 19.1 Å². The molecule has 0 spiro atoms. The summed E-state index contributed by atoms with van der Waals surface area (Å²) in [5.74, 6) is 1.31. The lowest BCUT2D eigenvalue weighted by atomic mass is 10.1. The third-order valence-corrected chi connectivity index (χ3v) is 5.67.